The second-order valence-corrected chi connectivity index (χ2v) is 4.92. The average Bonchev–Trinajstić information content (AvgIpc) is 2.29. The Morgan fingerprint density at radius 3 is 2.65 bits per heavy atom. The molecule has 0 aromatic heterocycles. The summed E-state index contributed by atoms with van der Waals surface area (Å²) in [5, 5.41) is 0. The van der Waals surface area contributed by atoms with Gasteiger partial charge in [0.05, 0.1) is 0 Å². The molecule has 0 amide bonds. The molecule has 0 spiro atoms. The van der Waals surface area contributed by atoms with Crippen LogP contribution in [0.1, 0.15) is 50.8 Å². The first-order valence-electron chi connectivity index (χ1n) is 6.50. The molecule has 0 N–H and O–H groups in total. The van der Waals surface area contributed by atoms with Gasteiger partial charge in [-0.15, -0.1) is 0 Å². The van der Waals surface area contributed by atoms with Gasteiger partial charge in [0.15, 0.2) is 0 Å². The van der Waals surface area contributed by atoms with Crippen molar-refractivity contribution < 1.29 is 0 Å². The number of hydrogen-bond donors (Lipinski definition) is 0. The highest BCUT2D eigenvalue weighted by Crippen LogP contribution is 2.22. The van der Waals surface area contributed by atoms with E-state index in [0.717, 1.165) is 17.9 Å². The Bertz CT molecular complexity index is 410. The first-order chi connectivity index (χ1) is 8.08. The van der Waals surface area contributed by atoms with Crippen molar-refractivity contribution in [1.29, 1.82) is 0 Å². The zero-order valence-corrected chi connectivity index (χ0v) is 11.6. The predicted octanol–water partition coefficient (Wildman–Crippen LogP) is 5.34. The summed E-state index contributed by atoms with van der Waals surface area (Å²) in [4.78, 5) is 0. The molecule has 0 aliphatic rings. The summed E-state index contributed by atoms with van der Waals surface area (Å²) in [7, 11) is 0. The van der Waals surface area contributed by atoms with Crippen LogP contribution < -0.4 is 0 Å². The van der Waals surface area contributed by atoms with Crippen LogP contribution in [0.4, 0.5) is 0 Å². The third-order valence-electron chi connectivity index (χ3n) is 3.20. The summed E-state index contributed by atoms with van der Waals surface area (Å²) in [6.45, 7) is 12.7. The Labute approximate surface area is 106 Å². The quantitative estimate of drug-likeness (QED) is 0.638. The molecule has 1 rings (SSSR count). The van der Waals surface area contributed by atoms with Gasteiger partial charge >= 0.3 is 0 Å². The van der Waals surface area contributed by atoms with Crippen molar-refractivity contribution in [1.82, 2.24) is 0 Å². The van der Waals surface area contributed by atoms with Gasteiger partial charge in [0.1, 0.15) is 0 Å². The van der Waals surface area contributed by atoms with Gasteiger partial charge in [0, 0.05) is 0 Å². The van der Waals surface area contributed by atoms with Crippen LogP contribution in [0.15, 0.2) is 30.9 Å². The molecule has 0 radical (unpaired) electrons. The third-order valence-corrected chi connectivity index (χ3v) is 3.20. The van der Waals surface area contributed by atoms with Gasteiger partial charge in [-0.25, -0.2) is 0 Å². The first-order valence-corrected chi connectivity index (χ1v) is 6.50. The largest absolute Gasteiger partial charge is 0.0955 e. The van der Waals surface area contributed by atoms with Crippen molar-refractivity contribution in [2.24, 2.45) is 5.92 Å². The highest BCUT2D eigenvalue weighted by atomic mass is 14.1. The smallest absolute Gasteiger partial charge is 0.0161 e. The summed E-state index contributed by atoms with van der Waals surface area (Å²) in [6, 6.07) is 6.74. The molecule has 1 aromatic carbocycles. The van der Waals surface area contributed by atoms with Gasteiger partial charge in [0.2, 0.25) is 0 Å². The lowest BCUT2D eigenvalue weighted by atomic mass is 9.93. The fraction of sp³-hybridized carbons (Fsp3) is 0.412. The predicted molar refractivity (Wildman–Crippen MR) is 79.0 cm³/mol. The lowest BCUT2D eigenvalue weighted by Crippen LogP contribution is -1.99. The van der Waals surface area contributed by atoms with Crippen molar-refractivity contribution in [3.8, 4) is 0 Å². The second-order valence-electron chi connectivity index (χ2n) is 4.92. The monoisotopic (exact) mass is 228 g/mol. The van der Waals surface area contributed by atoms with E-state index in [-0.39, 0.29) is 0 Å². The van der Waals surface area contributed by atoms with Gasteiger partial charge in [-0.05, 0) is 42.9 Å². The van der Waals surface area contributed by atoms with E-state index in [1.54, 1.807) is 0 Å². The van der Waals surface area contributed by atoms with Crippen molar-refractivity contribution in [3.63, 3.8) is 0 Å². The van der Waals surface area contributed by atoms with Crippen molar-refractivity contribution in [2.75, 3.05) is 0 Å². The average molecular weight is 228 g/mol. The highest BCUT2D eigenvalue weighted by Gasteiger charge is 2.05. The Kier molecular flexibility index (Phi) is 5.21. The van der Waals surface area contributed by atoms with Crippen LogP contribution in [0.2, 0.25) is 0 Å². The SMILES string of the molecule is C=C(C)c1ccc(CC(C)CC)cc1C=CC. The van der Waals surface area contributed by atoms with Crippen molar-refractivity contribution in [2.45, 2.75) is 40.5 Å². The molecule has 0 nitrogen and oxygen atoms in total. The minimum absolute atomic E-state index is 0.754. The molecule has 0 saturated carbocycles. The van der Waals surface area contributed by atoms with E-state index < -0.39 is 0 Å². The van der Waals surface area contributed by atoms with Gasteiger partial charge in [-0.1, -0.05) is 62.8 Å². The molecule has 1 unspecified atom stereocenters. The molecule has 0 bridgehead atoms. The minimum atomic E-state index is 0.754. The van der Waals surface area contributed by atoms with Crippen LogP contribution in [-0.4, -0.2) is 0 Å². The summed E-state index contributed by atoms with van der Waals surface area (Å²) in [5.41, 5.74) is 5.11. The van der Waals surface area contributed by atoms with Crippen LogP contribution in [0.5, 0.6) is 0 Å². The van der Waals surface area contributed by atoms with Gasteiger partial charge in [-0.3, -0.25) is 0 Å². The van der Waals surface area contributed by atoms with Gasteiger partial charge in [0.25, 0.3) is 0 Å². The van der Waals surface area contributed by atoms with Crippen LogP contribution >= 0.6 is 0 Å². The molecule has 0 heterocycles. The van der Waals surface area contributed by atoms with Crippen molar-refractivity contribution in [3.05, 3.63) is 47.5 Å². The number of allylic oxidation sites excluding steroid dienone is 2. The van der Waals surface area contributed by atoms with E-state index in [2.05, 4.69) is 64.6 Å². The molecule has 0 aliphatic carbocycles. The molecular weight excluding hydrogens is 204 g/mol. The second kappa shape index (κ2) is 6.44. The van der Waals surface area contributed by atoms with E-state index in [1.165, 1.54) is 23.1 Å². The first kappa shape index (κ1) is 13.8. The van der Waals surface area contributed by atoms with Crippen molar-refractivity contribution >= 4 is 11.6 Å². The Morgan fingerprint density at radius 1 is 1.41 bits per heavy atom. The molecule has 0 heteroatoms. The Hall–Kier alpha value is -1.30. The van der Waals surface area contributed by atoms with Crippen LogP contribution in [0.25, 0.3) is 11.6 Å². The summed E-state index contributed by atoms with van der Waals surface area (Å²) < 4.78 is 0. The van der Waals surface area contributed by atoms with E-state index in [9.17, 15) is 0 Å². The molecule has 1 atom stereocenters. The van der Waals surface area contributed by atoms with E-state index in [1.807, 2.05) is 0 Å². The fourth-order valence-electron chi connectivity index (χ4n) is 1.99. The van der Waals surface area contributed by atoms with Gasteiger partial charge < -0.3 is 0 Å². The summed E-state index contributed by atoms with van der Waals surface area (Å²) in [5.74, 6) is 0.754. The number of hydrogen-bond acceptors (Lipinski definition) is 0. The Morgan fingerprint density at radius 2 is 2.12 bits per heavy atom. The topological polar surface area (TPSA) is 0 Å². The minimum Gasteiger partial charge on any atom is -0.0955 e. The lowest BCUT2D eigenvalue weighted by molar-refractivity contribution is 0.560. The maximum Gasteiger partial charge on any atom is -0.0161 e. The summed E-state index contributed by atoms with van der Waals surface area (Å²) in [6.07, 6.45) is 6.66. The zero-order valence-electron chi connectivity index (χ0n) is 11.6. The number of benzene rings is 1. The zero-order chi connectivity index (χ0) is 12.8. The molecule has 0 fully saturated rings. The fourth-order valence-corrected chi connectivity index (χ4v) is 1.99. The standard InChI is InChI=1S/C17H24/c1-6-8-16-12-15(11-14(5)7-2)9-10-17(16)13(3)4/h6,8-10,12,14H,3,7,11H2,1-2,4-5H3. The van der Waals surface area contributed by atoms with Crippen LogP contribution in [-0.2, 0) is 6.42 Å². The molecule has 0 aliphatic heterocycles. The van der Waals surface area contributed by atoms with E-state index >= 15 is 0 Å². The number of rotatable bonds is 5. The maximum absolute atomic E-state index is 4.04. The van der Waals surface area contributed by atoms with E-state index in [0.29, 0.717) is 0 Å². The highest BCUT2D eigenvalue weighted by molar-refractivity contribution is 5.72. The maximum atomic E-state index is 4.04. The molecule has 92 valence electrons. The van der Waals surface area contributed by atoms with Crippen LogP contribution in [0.3, 0.4) is 0 Å². The van der Waals surface area contributed by atoms with Gasteiger partial charge in [-0.2, -0.15) is 0 Å². The van der Waals surface area contributed by atoms with E-state index in [4.69, 9.17) is 0 Å². The molecule has 1 aromatic rings. The normalized spacial score (nSPS) is 12.9. The lowest BCUT2D eigenvalue weighted by Gasteiger charge is -2.12. The third kappa shape index (κ3) is 3.89. The Balaban J connectivity index is 3.05. The van der Waals surface area contributed by atoms with Crippen LogP contribution in [0, 0.1) is 5.92 Å². The molecule has 0 saturated heterocycles. The molecule has 17 heavy (non-hydrogen) atoms. The molecular formula is C17H24. The summed E-state index contributed by atoms with van der Waals surface area (Å²) >= 11 is 0.